The van der Waals surface area contributed by atoms with Crippen molar-refractivity contribution in [2.24, 2.45) is 0 Å². The van der Waals surface area contributed by atoms with E-state index in [1.807, 2.05) is 0 Å². The maximum atomic E-state index is 13.3. The van der Waals surface area contributed by atoms with Crippen LogP contribution in [0.1, 0.15) is 39.5 Å². The van der Waals surface area contributed by atoms with Gasteiger partial charge in [-0.1, -0.05) is 11.3 Å². The van der Waals surface area contributed by atoms with E-state index in [-0.39, 0.29) is 43.7 Å². The van der Waals surface area contributed by atoms with Crippen LogP contribution < -0.4 is 9.64 Å². The summed E-state index contributed by atoms with van der Waals surface area (Å²) < 4.78 is 10.6. The number of phenols is 1. The largest absolute Gasteiger partial charge is 0.507 e. The number of rotatable bonds is 6. The Balaban J connectivity index is 1.97. The van der Waals surface area contributed by atoms with Crippen molar-refractivity contribution in [3.8, 4) is 11.5 Å². The summed E-state index contributed by atoms with van der Waals surface area (Å²) in [6.45, 7) is 3.42. The van der Waals surface area contributed by atoms with E-state index >= 15 is 0 Å². The van der Waals surface area contributed by atoms with Crippen LogP contribution in [-0.4, -0.2) is 51.6 Å². The van der Waals surface area contributed by atoms with E-state index in [0.29, 0.717) is 11.3 Å². The standard InChI is InChI=1S/C24H20BrN3O7S/c1-4-35-23(33)21-11(2)27-24(36-21)28-17(13-9-14(25)19(30)15(10-13)34-3)16(20(31)22(28)32)18(29)12-5-7-26-8-6-12/h5-10,17,29-30H,4H2,1-3H3. The van der Waals surface area contributed by atoms with Crippen LogP contribution in [0.5, 0.6) is 11.5 Å². The highest BCUT2D eigenvalue weighted by Gasteiger charge is 2.48. The summed E-state index contributed by atoms with van der Waals surface area (Å²) >= 11 is 4.16. The highest BCUT2D eigenvalue weighted by molar-refractivity contribution is 9.10. The number of methoxy groups -OCH3 is 1. The smallest absolute Gasteiger partial charge is 0.350 e. The zero-order chi connectivity index (χ0) is 26.1. The van der Waals surface area contributed by atoms with Crippen molar-refractivity contribution in [1.29, 1.82) is 0 Å². The minimum absolute atomic E-state index is 0.0691. The number of anilines is 1. The number of aromatic nitrogens is 2. The van der Waals surface area contributed by atoms with Gasteiger partial charge in [0.2, 0.25) is 0 Å². The average molecular weight is 574 g/mol. The molecule has 2 aromatic heterocycles. The second kappa shape index (κ2) is 10.1. The van der Waals surface area contributed by atoms with Crippen LogP contribution in [-0.2, 0) is 14.3 Å². The molecule has 1 unspecified atom stereocenters. The number of ketones is 1. The van der Waals surface area contributed by atoms with Gasteiger partial charge in [-0.15, -0.1) is 0 Å². The Morgan fingerprint density at radius 2 is 1.94 bits per heavy atom. The fourth-order valence-electron chi connectivity index (χ4n) is 3.79. The van der Waals surface area contributed by atoms with E-state index in [4.69, 9.17) is 9.47 Å². The van der Waals surface area contributed by atoms with Gasteiger partial charge in [-0.05, 0) is 59.6 Å². The molecule has 3 aromatic rings. The Hall–Kier alpha value is -3.77. The van der Waals surface area contributed by atoms with Crippen LogP contribution in [0, 0.1) is 6.92 Å². The van der Waals surface area contributed by atoms with Crippen molar-refractivity contribution in [2.75, 3.05) is 18.6 Å². The maximum absolute atomic E-state index is 13.3. The molecule has 0 spiro atoms. The molecule has 1 saturated heterocycles. The maximum Gasteiger partial charge on any atom is 0.350 e. The van der Waals surface area contributed by atoms with Crippen molar-refractivity contribution >= 4 is 55.8 Å². The van der Waals surface area contributed by atoms with E-state index in [0.717, 1.165) is 16.2 Å². The van der Waals surface area contributed by atoms with E-state index in [9.17, 15) is 24.6 Å². The summed E-state index contributed by atoms with van der Waals surface area (Å²) in [6.07, 6.45) is 2.88. The van der Waals surface area contributed by atoms with E-state index in [1.54, 1.807) is 13.8 Å². The molecule has 12 heteroatoms. The summed E-state index contributed by atoms with van der Waals surface area (Å²) in [4.78, 5) is 48.6. The second-order valence-electron chi connectivity index (χ2n) is 7.59. The van der Waals surface area contributed by atoms with Crippen LogP contribution in [0.4, 0.5) is 5.13 Å². The molecular formula is C24H20BrN3O7S. The van der Waals surface area contributed by atoms with Gasteiger partial charge in [-0.3, -0.25) is 19.5 Å². The highest BCUT2D eigenvalue weighted by Crippen LogP contribution is 2.47. The molecule has 1 aliphatic heterocycles. The number of carbonyl (C=O) groups excluding carboxylic acids is 3. The number of phenolic OH excluding ortho intramolecular Hbond substituents is 1. The number of halogens is 1. The van der Waals surface area contributed by atoms with Gasteiger partial charge in [0.15, 0.2) is 16.6 Å². The van der Waals surface area contributed by atoms with Crippen molar-refractivity contribution in [3.63, 3.8) is 0 Å². The van der Waals surface area contributed by atoms with Crippen molar-refractivity contribution in [2.45, 2.75) is 19.9 Å². The average Bonchev–Trinajstić information content (AvgIpc) is 3.37. The fraction of sp³-hybridized carbons (Fsp3) is 0.208. The molecule has 2 N–H and O–H groups in total. The van der Waals surface area contributed by atoms with Gasteiger partial charge in [0.1, 0.15) is 10.6 Å². The minimum atomic E-state index is -1.15. The molecule has 1 atom stereocenters. The molecular weight excluding hydrogens is 554 g/mol. The molecule has 186 valence electrons. The van der Waals surface area contributed by atoms with Crippen molar-refractivity contribution < 1.29 is 34.1 Å². The van der Waals surface area contributed by atoms with Gasteiger partial charge < -0.3 is 19.7 Å². The summed E-state index contributed by atoms with van der Waals surface area (Å²) in [7, 11) is 1.36. The second-order valence-corrected chi connectivity index (χ2v) is 9.42. The number of nitrogens with zero attached hydrogens (tertiary/aromatic N) is 3. The number of esters is 1. The SMILES string of the molecule is CCOC(=O)c1sc(N2C(=O)C(=O)C(=C(O)c3ccncc3)C2c2cc(Br)c(O)c(OC)c2)nc1C. The summed E-state index contributed by atoms with van der Waals surface area (Å²) in [5, 5.41) is 21.5. The van der Waals surface area contributed by atoms with E-state index in [2.05, 4.69) is 25.9 Å². The number of aliphatic hydroxyl groups excluding tert-OH is 1. The Morgan fingerprint density at radius 3 is 2.58 bits per heavy atom. The van der Waals surface area contributed by atoms with Crippen molar-refractivity contribution in [1.82, 2.24) is 9.97 Å². The lowest BCUT2D eigenvalue weighted by Gasteiger charge is -2.24. The Kier molecular flexibility index (Phi) is 7.09. The van der Waals surface area contributed by atoms with Gasteiger partial charge >= 0.3 is 11.9 Å². The molecule has 1 amide bonds. The quantitative estimate of drug-likeness (QED) is 0.193. The normalized spacial score (nSPS) is 16.9. The number of benzene rings is 1. The molecule has 1 aromatic carbocycles. The summed E-state index contributed by atoms with van der Waals surface area (Å²) in [6, 6.07) is 4.81. The van der Waals surface area contributed by atoms with Crippen LogP contribution in [0.25, 0.3) is 5.76 Å². The predicted molar refractivity (Wildman–Crippen MR) is 134 cm³/mol. The van der Waals surface area contributed by atoms with Crippen molar-refractivity contribution in [3.05, 3.63) is 68.4 Å². The fourth-order valence-corrected chi connectivity index (χ4v) is 5.24. The first-order valence-electron chi connectivity index (χ1n) is 10.6. The number of aliphatic hydroxyl groups is 1. The van der Waals surface area contributed by atoms with Crippen LogP contribution in [0.3, 0.4) is 0 Å². The Bertz CT molecular complexity index is 1400. The lowest BCUT2D eigenvalue weighted by atomic mass is 9.95. The molecule has 0 radical (unpaired) electrons. The number of aromatic hydroxyl groups is 1. The molecule has 36 heavy (non-hydrogen) atoms. The lowest BCUT2D eigenvalue weighted by molar-refractivity contribution is -0.132. The van der Waals surface area contributed by atoms with Gasteiger partial charge in [0.05, 0.1) is 35.5 Å². The number of Topliss-reactive ketones (excluding diaryl/α,β-unsaturated/α-hetero) is 1. The third kappa shape index (κ3) is 4.33. The molecule has 1 fully saturated rings. The highest BCUT2D eigenvalue weighted by atomic mass is 79.9. The molecule has 10 nitrogen and oxygen atoms in total. The number of hydrogen-bond donors (Lipinski definition) is 2. The Labute approximate surface area is 218 Å². The molecule has 0 saturated carbocycles. The van der Waals surface area contributed by atoms with E-state index < -0.39 is 29.5 Å². The van der Waals surface area contributed by atoms with Crippen LogP contribution >= 0.6 is 27.3 Å². The zero-order valence-corrected chi connectivity index (χ0v) is 21.7. The minimum Gasteiger partial charge on any atom is -0.507 e. The van der Waals surface area contributed by atoms with Gasteiger partial charge in [0, 0.05) is 18.0 Å². The Morgan fingerprint density at radius 1 is 1.25 bits per heavy atom. The summed E-state index contributed by atoms with van der Waals surface area (Å²) in [5.74, 6) is -2.99. The number of aryl methyl sites for hydroxylation is 1. The molecule has 3 heterocycles. The topological polar surface area (TPSA) is 139 Å². The molecule has 1 aliphatic rings. The van der Waals surface area contributed by atoms with Gasteiger partial charge in [-0.25, -0.2) is 9.78 Å². The summed E-state index contributed by atoms with van der Waals surface area (Å²) in [5.41, 5.74) is 0.751. The monoisotopic (exact) mass is 573 g/mol. The van der Waals surface area contributed by atoms with E-state index in [1.165, 1.54) is 43.8 Å². The van der Waals surface area contributed by atoms with Gasteiger partial charge in [0.25, 0.3) is 5.78 Å². The first-order valence-corrected chi connectivity index (χ1v) is 12.2. The molecule has 4 rings (SSSR count). The lowest BCUT2D eigenvalue weighted by Crippen LogP contribution is -2.29. The van der Waals surface area contributed by atoms with Crippen LogP contribution in [0.2, 0.25) is 0 Å². The molecule has 0 bridgehead atoms. The molecule has 0 aliphatic carbocycles. The number of hydrogen-bond acceptors (Lipinski definition) is 10. The number of thiazole rings is 1. The number of ether oxygens (including phenoxy) is 2. The number of amides is 1. The third-order valence-electron chi connectivity index (χ3n) is 5.44. The third-order valence-corrected chi connectivity index (χ3v) is 7.18. The zero-order valence-electron chi connectivity index (χ0n) is 19.3. The van der Waals surface area contributed by atoms with Gasteiger partial charge in [-0.2, -0.15) is 0 Å². The number of pyridine rings is 1. The van der Waals surface area contributed by atoms with Crippen LogP contribution in [0.15, 0.2) is 46.7 Å². The first-order chi connectivity index (χ1) is 17.2. The number of carbonyl (C=O) groups is 3. The first kappa shape index (κ1) is 25.3. The predicted octanol–water partition coefficient (Wildman–Crippen LogP) is 4.13.